The number of ether oxygens (including phenoxy) is 1. The van der Waals surface area contributed by atoms with Gasteiger partial charge in [-0.3, -0.25) is 4.57 Å². The van der Waals surface area contributed by atoms with Crippen molar-refractivity contribution in [1.82, 2.24) is 18.7 Å². The van der Waals surface area contributed by atoms with E-state index in [1.54, 1.807) is 33.4 Å². The van der Waals surface area contributed by atoms with E-state index in [9.17, 15) is 11.0 Å². The van der Waals surface area contributed by atoms with Gasteiger partial charge in [0.2, 0.25) is 0 Å². The van der Waals surface area contributed by atoms with Crippen molar-refractivity contribution in [2.24, 2.45) is 0 Å². The molecule has 7 nitrogen and oxygen atoms in total. The van der Waals surface area contributed by atoms with Crippen molar-refractivity contribution >= 4 is 76.6 Å². The van der Waals surface area contributed by atoms with Crippen LogP contribution in [0.15, 0.2) is 259 Å². The van der Waals surface area contributed by atoms with E-state index in [0.29, 0.717) is 50.6 Å². The van der Waals surface area contributed by atoms with Crippen LogP contribution in [0.1, 0.15) is 56.7 Å². The van der Waals surface area contributed by atoms with Gasteiger partial charge in [-0.15, -0.1) is 29.7 Å². The quantitative estimate of drug-likeness (QED) is 0.118. The molecule has 0 radical (unpaired) electrons. The fraction of sp³-hybridized carbons (Fsp3) is 0.0714. The van der Waals surface area contributed by atoms with Gasteiger partial charge in [0.15, 0.2) is 0 Å². The van der Waals surface area contributed by atoms with Crippen molar-refractivity contribution in [3.05, 3.63) is 290 Å². The van der Waals surface area contributed by atoms with Crippen molar-refractivity contribution in [3.63, 3.8) is 0 Å². The second-order valence-corrected chi connectivity index (χ2v) is 24.1. The van der Waals surface area contributed by atoms with E-state index in [2.05, 4.69) is 66.6 Å². The topological polar surface area (TPSA) is 53.9 Å². The van der Waals surface area contributed by atoms with Crippen LogP contribution in [0.25, 0.3) is 155 Å². The minimum atomic E-state index is -2.93. The van der Waals surface area contributed by atoms with Crippen molar-refractivity contribution < 1.29 is 54.0 Å². The summed E-state index contributed by atoms with van der Waals surface area (Å²) < 4.78 is 154. The minimum absolute atomic E-state index is 0. The van der Waals surface area contributed by atoms with Crippen molar-refractivity contribution in [1.29, 1.82) is 0 Å². The number of aromatic nitrogens is 5. The van der Waals surface area contributed by atoms with E-state index in [-0.39, 0.29) is 105 Å². The zero-order chi connectivity index (χ0) is 72.8. The van der Waals surface area contributed by atoms with Gasteiger partial charge in [-0.1, -0.05) is 172 Å². The zero-order valence-corrected chi connectivity index (χ0v) is 51.8. The normalized spacial score (nSPS) is 14.6. The molecule has 1 aliphatic rings. The number of imidazole rings is 1. The van der Waals surface area contributed by atoms with Crippen LogP contribution in [0.4, 0.5) is 0 Å². The minimum Gasteiger partial charge on any atom is -0.510 e. The Morgan fingerprint density at radius 3 is 1.82 bits per heavy atom. The van der Waals surface area contributed by atoms with E-state index in [1.165, 1.54) is 24.3 Å². The molecular formula is C84H57N5O2Pt-2. The Morgan fingerprint density at radius 2 is 1.11 bits per heavy atom. The molecule has 5 aromatic heterocycles. The largest absolute Gasteiger partial charge is 0.510 e. The summed E-state index contributed by atoms with van der Waals surface area (Å²) in [5, 5.41) is 5.16. The maximum Gasteiger partial charge on any atom is 0.268 e. The molecule has 0 amide bonds. The first-order chi connectivity index (χ1) is 50.3. The molecule has 18 rings (SSSR count). The molecule has 1 aliphatic heterocycles. The number of para-hydroxylation sites is 4. The summed E-state index contributed by atoms with van der Waals surface area (Å²) in [7, 11) is 0. The Morgan fingerprint density at radius 1 is 0.500 bits per heavy atom. The van der Waals surface area contributed by atoms with Crippen LogP contribution >= 0.6 is 0 Å². The van der Waals surface area contributed by atoms with Crippen molar-refractivity contribution in [2.75, 3.05) is 0 Å². The molecule has 0 atom stereocenters. The Bertz CT molecular complexity index is 6570. The number of hydrogen-bond donors (Lipinski definition) is 0. The van der Waals surface area contributed by atoms with Gasteiger partial charge >= 0.3 is 0 Å². The van der Waals surface area contributed by atoms with E-state index in [1.807, 2.05) is 140 Å². The molecule has 17 aromatic rings. The maximum atomic E-state index is 10.3. The first-order valence-corrected chi connectivity index (χ1v) is 29.9. The summed E-state index contributed by atoms with van der Waals surface area (Å²) in [4.78, 5) is 4.89. The number of fused-ring (bicyclic) bond motifs is 16. The first kappa shape index (κ1) is 42.2. The fourth-order valence-electron chi connectivity index (χ4n) is 13.6. The summed E-state index contributed by atoms with van der Waals surface area (Å²) in [5.41, 5.74) is 6.13. The third-order valence-electron chi connectivity index (χ3n) is 17.7. The first-order valence-electron chi connectivity index (χ1n) is 36.9. The summed E-state index contributed by atoms with van der Waals surface area (Å²) in [6, 6.07) is 63.4. The van der Waals surface area contributed by atoms with Gasteiger partial charge in [0, 0.05) is 79.7 Å². The second kappa shape index (κ2) is 21.1. The molecule has 0 saturated carbocycles. The molecule has 0 saturated heterocycles. The van der Waals surface area contributed by atoms with Gasteiger partial charge in [-0.25, -0.2) is 4.98 Å². The molecule has 0 bridgehead atoms. The SMILES string of the molecule is [2H]c1c([2H])c([2H])c2c(c1[2H])-c1cc(-c3c(C([2H])([2H])[2H])cccc3C([2H])([2H])[2H])cc(-c3ccc4oc5ccccc5c4c3)c1-[n+]1[c-]n(-c3[c-]c(Oc4[c-]c5c(cc4)c4ccccc4n5-c4cc(C(C)(C)C)ccn4)ccc3)c3cc(-n4c5ccccc5c5ccccc54)cc(c31)-c1c([2H])c([2H])c([2H])c([2H])c1-2.[Pt]. The average molecular weight is 1380 g/mol. The molecule has 92 heavy (non-hydrogen) atoms. The predicted octanol–water partition coefficient (Wildman–Crippen LogP) is 21.1. The molecular weight excluding hydrogens is 1310 g/mol. The molecule has 442 valence electrons. The number of benzene rings is 12. The Kier molecular flexibility index (Phi) is 9.69. The van der Waals surface area contributed by atoms with Crippen molar-refractivity contribution in [3.8, 4) is 90.0 Å². The zero-order valence-electron chi connectivity index (χ0n) is 63.5. The van der Waals surface area contributed by atoms with Gasteiger partial charge in [0.05, 0.1) is 38.7 Å². The third kappa shape index (κ3) is 8.59. The van der Waals surface area contributed by atoms with Gasteiger partial charge < -0.3 is 22.9 Å². The number of nitrogens with zero attached hydrogens (tertiary/aromatic N) is 5. The van der Waals surface area contributed by atoms with E-state index in [4.69, 9.17) is 22.4 Å². The van der Waals surface area contributed by atoms with Gasteiger partial charge in [-0.05, 0) is 175 Å². The molecule has 0 unspecified atom stereocenters. The number of rotatable bonds is 7. The monoisotopic (exact) mass is 1380 g/mol. The Labute approximate surface area is 566 Å². The summed E-state index contributed by atoms with van der Waals surface area (Å²) >= 11 is 0. The van der Waals surface area contributed by atoms with Crippen LogP contribution in [-0.4, -0.2) is 18.7 Å². The molecule has 0 spiro atoms. The second-order valence-electron chi connectivity index (χ2n) is 24.1. The summed E-state index contributed by atoms with van der Waals surface area (Å²) in [6.45, 7) is 0.628. The van der Waals surface area contributed by atoms with E-state index in [0.717, 1.165) is 54.6 Å². The molecule has 6 heterocycles. The van der Waals surface area contributed by atoms with Crippen LogP contribution in [0, 0.1) is 32.2 Å². The summed E-state index contributed by atoms with van der Waals surface area (Å²) in [6.07, 6.45) is 5.56. The van der Waals surface area contributed by atoms with E-state index >= 15 is 0 Å². The van der Waals surface area contributed by atoms with Crippen LogP contribution in [0.2, 0.25) is 0 Å². The van der Waals surface area contributed by atoms with Crippen molar-refractivity contribution in [2.45, 2.75) is 39.9 Å². The van der Waals surface area contributed by atoms with Crippen LogP contribution in [0.5, 0.6) is 11.5 Å². The van der Waals surface area contributed by atoms with Gasteiger partial charge in [0.1, 0.15) is 17.0 Å². The number of furan rings is 1. The van der Waals surface area contributed by atoms with Crippen LogP contribution in [0.3, 0.4) is 0 Å². The Balaban J connectivity index is 0.00000827. The number of hydrogen-bond acceptors (Lipinski definition) is 3. The number of aryl methyl sites for hydroxylation is 2. The van der Waals surface area contributed by atoms with Crippen LogP contribution < -0.4 is 9.30 Å². The summed E-state index contributed by atoms with van der Waals surface area (Å²) in [5.74, 6) is 1.32. The number of pyridine rings is 1. The Hall–Kier alpha value is -10.9. The molecule has 0 N–H and O–H groups in total. The van der Waals surface area contributed by atoms with Gasteiger partial charge in [0.25, 0.3) is 6.33 Å². The molecule has 8 heteroatoms. The van der Waals surface area contributed by atoms with Crippen LogP contribution in [-0.2, 0) is 26.5 Å². The maximum absolute atomic E-state index is 10.3. The van der Waals surface area contributed by atoms with E-state index < -0.39 is 62.0 Å². The molecule has 0 fully saturated rings. The molecule has 0 aliphatic carbocycles. The fourth-order valence-corrected chi connectivity index (χ4v) is 13.6. The predicted molar refractivity (Wildman–Crippen MR) is 370 cm³/mol. The van der Waals surface area contributed by atoms with Gasteiger partial charge in [-0.2, -0.15) is 18.2 Å². The third-order valence-corrected chi connectivity index (χ3v) is 17.7. The molecule has 12 aromatic carbocycles. The standard InChI is InChI=1S/C84H57N5O2.Pt/c1-51-20-18-21-52(2)81(51)54-43-69(53-36-39-79-70(42-53)68-31-13-17-35-78(68)91-79)82-71(44-54)62-26-8-6-24-60(62)61-25-7-9-27-63(61)72-47-57(88-73-32-14-10-28-64(73)65-29-11-15-33-74(65)88)48-77-83(72)87(82)50-86(77)56-22-19-23-58(46-56)90-59-37-38-67-66-30-12-16-34-75(66)89(76(67)49-59)80-45-55(40-41-85-80)84(3,4)5;/h6-45,47-48H,1-5H3;/q-2;/i1D3,2D3,6D,7D,8D,9D,24D,25D,26D,27D;. The average Bonchev–Trinajstić information content (AvgIpc) is 1.45. The smallest absolute Gasteiger partial charge is 0.268 e.